The van der Waals surface area contributed by atoms with Gasteiger partial charge in [0.05, 0.1) is 11.9 Å². The van der Waals surface area contributed by atoms with Crippen LogP contribution in [0.2, 0.25) is 5.15 Å². The van der Waals surface area contributed by atoms with E-state index in [-0.39, 0.29) is 28.9 Å². The fourth-order valence-electron chi connectivity index (χ4n) is 1.28. The zero-order valence-electron chi connectivity index (χ0n) is 9.00. The molecule has 94 valence electrons. The highest BCUT2D eigenvalue weighted by Gasteiger charge is 2.12. The standard InChI is InChI=1S/C11H8ClN3O2.ClH/c12-9-4-3-8(11(16)17)10(15-9)14-7-2-1-5-13-6-7;/h1-6H,(H,14,15)(H,16,17);1H. The Morgan fingerprint density at radius 3 is 2.72 bits per heavy atom. The Hall–Kier alpha value is -1.85. The molecule has 0 aliphatic carbocycles. The predicted molar refractivity (Wildman–Crippen MR) is 71.0 cm³/mol. The van der Waals surface area contributed by atoms with E-state index in [9.17, 15) is 4.79 Å². The van der Waals surface area contributed by atoms with Crippen LogP contribution in [-0.2, 0) is 0 Å². The van der Waals surface area contributed by atoms with Gasteiger partial charge in [0.2, 0.25) is 0 Å². The summed E-state index contributed by atoms with van der Waals surface area (Å²) in [5, 5.41) is 12.1. The first kappa shape index (κ1) is 14.2. The van der Waals surface area contributed by atoms with Crippen molar-refractivity contribution in [1.29, 1.82) is 0 Å². The number of carboxylic acids is 1. The number of halogens is 2. The minimum Gasteiger partial charge on any atom is -0.478 e. The number of hydrogen-bond donors (Lipinski definition) is 2. The van der Waals surface area contributed by atoms with E-state index in [1.165, 1.54) is 12.1 Å². The van der Waals surface area contributed by atoms with Crippen molar-refractivity contribution in [3.05, 3.63) is 47.4 Å². The van der Waals surface area contributed by atoms with Gasteiger partial charge in [-0.15, -0.1) is 12.4 Å². The molecule has 0 aliphatic rings. The highest BCUT2D eigenvalue weighted by atomic mass is 35.5. The number of rotatable bonds is 3. The average Bonchev–Trinajstić information content (AvgIpc) is 2.30. The lowest BCUT2D eigenvalue weighted by molar-refractivity contribution is 0.0697. The van der Waals surface area contributed by atoms with Crippen LogP contribution >= 0.6 is 24.0 Å². The van der Waals surface area contributed by atoms with Gasteiger partial charge in [0, 0.05) is 6.20 Å². The van der Waals surface area contributed by atoms with Crippen molar-refractivity contribution in [2.24, 2.45) is 0 Å². The summed E-state index contributed by atoms with van der Waals surface area (Å²) in [6.07, 6.45) is 3.18. The summed E-state index contributed by atoms with van der Waals surface area (Å²) in [6, 6.07) is 6.31. The number of aromatic nitrogens is 2. The molecule has 2 aromatic heterocycles. The highest BCUT2D eigenvalue weighted by Crippen LogP contribution is 2.20. The molecular formula is C11H9Cl2N3O2. The lowest BCUT2D eigenvalue weighted by atomic mass is 10.2. The van der Waals surface area contributed by atoms with Crippen LogP contribution in [0.15, 0.2) is 36.7 Å². The Bertz CT molecular complexity index is 549. The van der Waals surface area contributed by atoms with Gasteiger partial charge in [-0.05, 0) is 24.3 Å². The number of hydrogen-bond acceptors (Lipinski definition) is 4. The number of aromatic carboxylic acids is 1. The van der Waals surface area contributed by atoms with Crippen LogP contribution in [0.1, 0.15) is 10.4 Å². The van der Waals surface area contributed by atoms with Crippen LogP contribution in [0.4, 0.5) is 11.5 Å². The number of nitrogens with zero attached hydrogens (tertiary/aromatic N) is 2. The Balaban J connectivity index is 0.00000162. The lowest BCUT2D eigenvalue weighted by Gasteiger charge is -2.08. The zero-order valence-corrected chi connectivity index (χ0v) is 10.6. The molecule has 2 heterocycles. The van der Waals surface area contributed by atoms with Gasteiger partial charge < -0.3 is 10.4 Å². The van der Waals surface area contributed by atoms with Gasteiger partial charge in [-0.3, -0.25) is 4.98 Å². The molecule has 2 N–H and O–H groups in total. The molecule has 5 nitrogen and oxygen atoms in total. The maximum absolute atomic E-state index is 11.0. The van der Waals surface area contributed by atoms with E-state index in [1.807, 2.05) is 0 Å². The molecule has 0 unspecified atom stereocenters. The third kappa shape index (κ3) is 3.32. The third-order valence-corrected chi connectivity index (χ3v) is 2.23. The predicted octanol–water partition coefficient (Wildman–Crippen LogP) is 2.99. The summed E-state index contributed by atoms with van der Waals surface area (Å²) in [4.78, 5) is 18.8. The molecule has 0 spiro atoms. The van der Waals surface area contributed by atoms with E-state index in [0.29, 0.717) is 5.69 Å². The maximum Gasteiger partial charge on any atom is 0.339 e. The van der Waals surface area contributed by atoms with Crippen molar-refractivity contribution in [2.75, 3.05) is 5.32 Å². The Labute approximate surface area is 114 Å². The molecule has 0 amide bonds. The average molecular weight is 286 g/mol. The minimum atomic E-state index is -1.07. The van der Waals surface area contributed by atoms with Gasteiger partial charge in [-0.1, -0.05) is 11.6 Å². The minimum absolute atomic E-state index is 0. The SMILES string of the molecule is Cl.O=C(O)c1ccc(Cl)nc1Nc1cccnc1. The smallest absolute Gasteiger partial charge is 0.339 e. The summed E-state index contributed by atoms with van der Waals surface area (Å²) >= 11 is 5.73. The monoisotopic (exact) mass is 285 g/mol. The molecule has 0 atom stereocenters. The van der Waals surface area contributed by atoms with E-state index < -0.39 is 5.97 Å². The summed E-state index contributed by atoms with van der Waals surface area (Å²) in [5.74, 6) is -0.876. The van der Waals surface area contributed by atoms with Crippen molar-refractivity contribution >= 4 is 41.5 Å². The van der Waals surface area contributed by atoms with Gasteiger partial charge >= 0.3 is 5.97 Å². The van der Waals surface area contributed by atoms with E-state index in [4.69, 9.17) is 16.7 Å². The number of anilines is 2. The first-order valence-electron chi connectivity index (χ1n) is 4.74. The molecule has 2 rings (SSSR count). The second-order valence-corrected chi connectivity index (χ2v) is 3.59. The van der Waals surface area contributed by atoms with Crippen LogP contribution in [0.3, 0.4) is 0 Å². The summed E-state index contributed by atoms with van der Waals surface area (Å²) in [7, 11) is 0. The van der Waals surface area contributed by atoms with Crippen molar-refractivity contribution < 1.29 is 9.90 Å². The molecule has 18 heavy (non-hydrogen) atoms. The van der Waals surface area contributed by atoms with Crippen molar-refractivity contribution in [1.82, 2.24) is 9.97 Å². The molecule has 0 fully saturated rings. The quantitative estimate of drug-likeness (QED) is 0.848. The van der Waals surface area contributed by atoms with Crippen LogP contribution in [-0.4, -0.2) is 21.0 Å². The molecule has 0 radical (unpaired) electrons. The van der Waals surface area contributed by atoms with Crippen LogP contribution in [0.5, 0.6) is 0 Å². The molecule has 0 bridgehead atoms. The molecule has 0 saturated heterocycles. The molecule has 0 aromatic carbocycles. The fraction of sp³-hybridized carbons (Fsp3) is 0. The second-order valence-electron chi connectivity index (χ2n) is 3.20. The van der Waals surface area contributed by atoms with Crippen LogP contribution in [0.25, 0.3) is 0 Å². The van der Waals surface area contributed by atoms with Crippen molar-refractivity contribution in [3.63, 3.8) is 0 Å². The van der Waals surface area contributed by atoms with E-state index >= 15 is 0 Å². The first-order valence-corrected chi connectivity index (χ1v) is 5.11. The molecule has 0 aliphatic heterocycles. The lowest BCUT2D eigenvalue weighted by Crippen LogP contribution is -2.05. The van der Waals surface area contributed by atoms with Crippen LogP contribution in [0, 0.1) is 0 Å². The second kappa shape index (κ2) is 6.18. The van der Waals surface area contributed by atoms with E-state index in [1.54, 1.807) is 24.5 Å². The normalized spacial score (nSPS) is 9.39. The third-order valence-electron chi connectivity index (χ3n) is 2.02. The summed E-state index contributed by atoms with van der Waals surface area (Å²) < 4.78 is 0. The van der Waals surface area contributed by atoms with Gasteiger partial charge in [-0.25, -0.2) is 9.78 Å². The number of nitrogens with one attached hydrogen (secondary N) is 1. The highest BCUT2D eigenvalue weighted by molar-refractivity contribution is 6.29. The number of pyridine rings is 2. The van der Waals surface area contributed by atoms with E-state index in [2.05, 4.69) is 15.3 Å². The van der Waals surface area contributed by atoms with Gasteiger partial charge in [0.15, 0.2) is 0 Å². The molecule has 7 heteroatoms. The Morgan fingerprint density at radius 2 is 2.11 bits per heavy atom. The Morgan fingerprint density at radius 1 is 1.33 bits per heavy atom. The van der Waals surface area contributed by atoms with Crippen molar-refractivity contribution in [2.45, 2.75) is 0 Å². The largest absolute Gasteiger partial charge is 0.478 e. The topological polar surface area (TPSA) is 75.1 Å². The maximum atomic E-state index is 11.0. The summed E-state index contributed by atoms with van der Waals surface area (Å²) in [6.45, 7) is 0. The molecular weight excluding hydrogens is 277 g/mol. The van der Waals surface area contributed by atoms with Gasteiger partial charge in [-0.2, -0.15) is 0 Å². The summed E-state index contributed by atoms with van der Waals surface area (Å²) in [5.41, 5.74) is 0.697. The van der Waals surface area contributed by atoms with Crippen LogP contribution < -0.4 is 5.32 Å². The number of carbonyl (C=O) groups is 1. The van der Waals surface area contributed by atoms with Crippen molar-refractivity contribution in [3.8, 4) is 0 Å². The Kier molecular flexibility index (Phi) is 4.88. The molecule has 2 aromatic rings. The molecule has 0 saturated carbocycles. The van der Waals surface area contributed by atoms with Gasteiger partial charge in [0.1, 0.15) is 16.5 Å². The fourth-order valence-corrected chi connectivity index (χ4v) is 1.42. The number of carboxylic acid groups (broad SMARTS) is 1. The van der Waals surface area contributed by atoms with E-state index in [0.717, 1.165) is 0 Å². The zero-order chi connectivity index (χ0) is 12.3. The van der Waals surface area contributed by atoms with Gasteiger partial charge in [0.25, 0.3) is 0 Å². The first-order chi connectivity index (χ1) is 8.16.